The molecule has 0 atom stereocenters. The summed E-state index contributed by atoms with van der Waals surface area (Å²) in [5.41, 5.74) is 4.45. The predicted octanol–water partition coefficient (Wildman–Crippen LogP) is 4.44. The maximum absolute atomic E-state index is 13.7. The molecule has 0 saturated carbocycles. The van der Waals surface area contributed by atoms with Gasteiger partial charge < -0.3 is 4.98 Å². The number of aryl methyl sites for hydroxylation is 2. The lowest BCUT2D eigenvalue weighted by molar-refractivity contribution is 0.617. The first-order chi connectivity index (χ1) is 9.08. The highest BCUT2D eigenvalue weighted by Crippen LogP contribution is 2.23. The van der Waals surface area contributed by atoms with E-state index in [2.05, 4.69) is 4.98 Å². The van der Waals surface area contributed by atoms with Crippen LogP contribution in [0.1, 0.15) is 11.1 Å². The Morgan fingerprint density at radius 1 is 1.11 bits per heavy atom. The van der Waals surface area contributed by atoms with Crippen molar-refractivity contribution in [3.05, 3.63) is 58.1 Å². The first kappa shape index (κ1) is 12.1. The van der Waals surface area contributed by atoms with Crippen LogP contribution < -0.4 is 0 Å². The van der Waals surface area contributed by atoms with Crippen LogP contribution in [-0.2, 0) is 0 Å². The quantitative estimate of drug-likeness (QED) is 0.649. The smallest absolute Gasteiger partial charge is 0.182 e. The van der Waals surface area contributed by atoms with Crippen LogP contribution in [0.5, 0.6) is 0 Å². The molecule has 0 saturated heterocycles. The van der Waals surface area contributed by atoms with E-state index in [1.54, 1.807) is 13.0 Å². The molecule has 4 heteroatoms. The van der Waals surface area contributed by atoms with E-state index in [0.29, 0.717) is 10.3 Å². The summed E-state index contributed by atoms with van der Waals surface area (Å²) in [7, 11) is 0. The number of aromatic nitrogens is 2. The van der Waals surface area contributed by atoms with Crippen molar-refractivity contribution in [1.82, 2.24) is 9.55 Å². The summed E-state index contributed by atoms with van der Waals surface area (Å²) in [6, 6.07) is 11.1. The minimum Gasteiger partial charge on any atom is -0.330 e. The number of hydrogen-bond donors (Lipinski definition) is 1. The topological polar surface area (TPSA) is 20.7 Å². The number of rotatable bonds is 1. The van der Waals surface area contributed by atoms with Gasteiger partial charge in [0.15, 0.2) is 4.77 Å². The second kappa shape index (κ2) is 4.31. The second-order valence-corrected chi connectivity index (χ2v) is 5.05. The Hall–Kier alpha value is -1.94. The fraction of sp³-hybridized carbons (Fsp3) is 0.133. The molecule has 0 fully saturated rings. The third-order valence-electron chi connectivity index (χ3n) is 3.34. The molecule has 2 nitrogen and oxygen atoms in total. The summed E-state index contributed by atoms with van der Waals surface area (Å²) < 4.78 is 16.2. The van der Waals surface area contributed by atoms with Crippen molar-refractivity contribution in [1.29, 1.82) is 0 Å². The number of hydrogen-bond acceptors (Lipinski definition) is 1. The monoisotopic (exact) mass is 272 g/mol. The molecule has 0 aliphatic carbocycles. The zero-order valence-electron chi connectivity index (χ0n) is 10.7. The third kappa shape index (κ3) is 1.88. The largest absolute Gasteiger partial charge is 0.330 e. The van der Waals surface area contributed by atoms with E-state index in [1.165, 1.54) is 6.07 Å². The summed E-state index contributed by atoms with van der Waals surface area (Å²) >= 11 is 5.36. The summed E-state index contributed by atoms with van der Waals surface area (Å²) in [6.07, 6.45) is 0. The second-order valence-electron chi connectivity index (χ2n) is 4.67. The Balaban J connectivity index is 2.36. The van der Waals surface area contributed by atoms with E-state index in [-0.39, 0.29) is 5.82 Å². The number of aromatic amines is 1. The van der Waals surface area contributed by atoms with Gasteiger partial charge in [-0.05, 0) is 55.4 Å². The molecule has 1 aromatic heterocycles. The molecule has 1 N–H and O–H groups in total. The standard InChI is InChI=1S/C15H13FN2S/c1-9-6-7-11(8-12(9)16)18-13-5-3-4-10(2)14(13)17-15(18)19/h3-8H,1-2H3,(H,17,19). The number of benzene rings is 2. The predicted molar refractivity (Wildman–Crippen MR) is 77.9 cm³/mol. The Morgan fingerprint density at radius 3 is 2.63 bits per heavy atom. The lowest BCUT2D eigenvalue weighted by atomic mass is 10.2. The molecule has 2 aromatic carbocycles. The molecule has 3 aromatic rings. The van der Waals surface area contributed by atoms with E-state index in [4.69, 9.17) is 12.2 Å². The lowest BCUT2D eigenvalue weighted by Gasteiger charge is -2.06. The van der Waals surface area contributed by atoms with Crippen LogP contribution in [0.4, 0.5) is 4.39 Å². The number of H-pyrrole nitrogens is 1. The van der Waals surface area contributed by atoms with Gasteiger partial charge in [0.25, 0.3) is 0 Å². The highest BCUT2D eigenvalue weighted by atomic mass is 32.1. The Morgan fingerprint density at radius 2 is 1.89 bits per heavy atom. The summed E-state index contributed by atoms with van der Waals surface area (Å²) in [5, 5.41) is 0. The van der Waals surface area contributed by atoms with Gasteiger partial charge in [-0.2, -0.15) is 0 Å². The normalized spacial score (nSPS) is 11.1. The van der Waals surface area contributed by atoms with Gasteiger partial charge in [0.2, 0.25) is 0 Å². The van der Waals surface area contributed by atoms with E-state index in [0.717, 1.165) is 22.3 Å². The van der Waals surface area contributed by atoms with Crippen LogP contribution >= 0.6 is 12.2 Å². The Bertz CT molecular complexity index is 830. The first-order valence-electron chi connectivity index (χ1n) is 6.05. The van der Waals surface area contributed by atoms with Crippen LogP contribution in [0.2, 0.25) is 0 Å². The first-order valence-corrected chi connectivity index (χ1v) is 6.45. The molecular weight excluding hydrogens is 259 g/mol. The minimum absolute atomic E-state index is 0.221. The number of nitrogens with one attached hydrogen (secondary N) is 1. The van der Waals surface area contributed by atoms with Crippen molar-refractivity contribution in [3.8, 4) is 5.69 Å². The average Bonchev–Trinajstić information content (AvgIpc) is 2.71. The highest BCUT2D eigenvalue weighted by Gasteiger charge is 2.09. The molecule has 0 radical (unpaired) electrons. The Labute approximate surface area is 115 Å². The molecule has 0 amide bonds. The SMILES string of the molecule is Cc1ccc(-n2c(=S)[nH]c3c(C)cccc32)cc1F. The van der Waals surface area contributed by atoms with Crippen LogP contribution in [0.15, 0.2) is 36.4 Å². The van der Waals surface area contributed by atoms with Crippen LogP contribution in [-0.4, -0.2) is 9.55 Å². The maximum Gasteiger partial charge on any atom is 0.182 e. The van der Waals surface area contributed by atoms with E-state index in [9.17, 15) is 4.39 Å². The van der Waals surface area contributed by atoms with Crippen LogP contribution in [0.25, 0.3) is 16.7 Å². The molecular formula is C15H13FN2S. The molecule has 1 heterocycles. The van der Waals surface area contributed by atoms with Crippen molar-refractivity contribution < 1.29 is 4.39 Å². The van der Waals surface area contributed by atoms with E-state index >= 15 is 0 Å². The van der Waals surface area contributed by atoms with Gasteiger partial charge in [-0.3, -0.25) is 4.57 Å². The molecule has 0 unspecified atom stereocenters. The molecule has 0 aliphatic heterocycles. The lowest BCUT2D eigenvalue weighted by Crippen LogP contribution is -1.95. The number of fused-ring (bicyclic) bond motifs is 1. The zero-order valence-corrected chi connectivity index (χ0v) is 11.5. The minimum atomic E-state index is -0.221. The van der Waals surface area contributed by atoms with Crippen molar-refractivity contribution in [2.45, 2.75) is 13.8 Å². The summed E-state index contributed by atoms with van der Waals surface area (Å²) in [5.74, 6) is -0.221. The maximum atomic E-state index is 13.7. The highest BCUT2D eigenvalue weighted by molar-refractivity contribution is 7.71. The van der Waals surface area contributed by atoms with Crippen molar-refractivity contribution in [2.24, 2.45) is 0 Å². The van der Waals surface area contributed by atoms with Crippen LogP contribution in [0, 0.1) is 24.4 Å². The Kier molecular flexibility index (Phi) is 2.75. The van der Waals surface area contributed by atoms with Gasteiger partial charge in [0.1, 0.15) is 5.82 Å². The van der Waals surface area contributed by atoms with Gasteiger partial charge in [0, 0.05) is 0 Å². The average molecular weight is 272 g/mol. The molecule has 0 spiro atoms. The number of nitrogens with zero attached hydrogens (tertiary/aromatic N) is 1. The molecule has 19 heavy (non-hydrogen) atoms. The zero-order chi connectivity index (χ0) is 13.6. The van der Waals surface area contributed by atoms with Gasteiger partial charge in [-0.1, -0.05) is 18.2 Å². The molecule has 3 rings (SSSR count). The molecule has 0 aliphatic rings. The van der Waals surface area contributed by atoms with Gasteiger partial charge in [-0.15, -0.1) is 0 Å². The van der Waals surface area contributed by atoms with Crippen molar-refractivity contribution >= 4 is 23.3 Å². The van der Waals surface area contributed by atoms with E-state index in [1.807, 2.05) is 35.8 Å². The summed E-state index contributed by atoms with van der Waals surface area (Å²) in [6.45, 7) is 3.77. The summed E-state index contributed by atoms with van der Waals surface area (Å²) in [4.78, 5) is 3.18. The fourth-order valence-electron chi connectivity index (χ4n) is 2.25. The molecule has 96 valence electrons. The van der Waals surface area contributed by atoms with Gasteiger partial charge in [-0.25, -0.2) is 4.39 Å². The van der Waals surface area contributed by atoms with E-state index < -0.39 is 0 Å². The number of para-hydroxylation sites is 1. The van der Waals surface area contributed by atoms with Gasteiger partial charge in [0.05, 0.1) is 16.7 Å². The van der Waals surface area contributed by atoms with Crippen LogP contribution in [0.3, 0.4) is 0 Å². The third-order valence-corrected chi connectivity index (χ3v) is 3.62. The fourth-order valence-corrected chi connectivity index (χ4v) is 2.56. The number of halogens is 1. The number of imidazole rings is 1. The van der Waals surface area contributed by atoms with Crippen molar-refractivity contribution in [3.63, 3.8) is 0 Å². The van der Waals surface area contributed by atoms with Crippen molar-refractivity contribution in [2.75, 3.05) is 0 Å². The van der Waals surface area contributed by atoms with Gasteiger partial charge >= 0.3 is 0 Å². The molecule has 0 bridgehead atoms.